The third-order valence-electron chi connectivity index (χ3n) is 3.08. The number of sulfonamides is 1. The van der Waals surface area contributed by atoms with Gasteiger partial charge in [-0.15, -0.1) is 11.3 Å². The number of thiazole rings is 1. The van der Waals surface area contributed by atoms with Gasteiger partial charge in [0, 0.05) is 23.8 Å². The molecule has 1 aromatic carbocycles. The molecule has 0 aliphatic rings. The van der Waals surface area contributed by atoms with E-state index in [0.29, 0.717) is 13.0 Å². The molecular formula is C15H16N4O2S2. The van der Waals surface area contributed by atoms with Crippen LogP contribution >= 0.6 is 11.3 Å². The second-order valence-corrected chi connectivity index (χ2v) is 7.38. The van der Waals surface area contributed by atoms with Crippen molar-refractivity contribution in [2.75, 3.05) is 6.54 Å². The number of rotatable bonds is 6. The van der Waals surface area contributed by atoms with Crippen LogP contribution in [0.2, 0.25) is 0 Å². The first kappa shape index (κ1) is 17.3. The highest BCUT2D eigenvalue weighted by Gasteiger charge is 2.11. The normalized spacial score (nSPS) is 13.1. The van der Waals surface area contributed by atoms with Gasteiger partial charge < -0.3 is 0 Å². The van der Waals surface area contributed by atoms with Crippen molar-refractivity contribution in [2.24, 2.45) is 10.1 Å². The van der Waals surface area contributed by atoms with Crippen molar-refractivity contribution in [3.05, 3.63) is 45.9 Å². The summed E-state index contributed by atoms with van der Waals surface area (Å²) in [5.41, 5.74) is 1.85. The van der Waals surface area contributed by atoms with Crippen LogP contribution in [0.3, 0.4) is 0 Å². The topological polar surface area (TPSA) is 109 Å². The predicted molar refractivity (Wildman–Crippen MR) is 90.1 cm³/mol. The molecule has 0 unspecified atom stereocenters. The van der Waals surface area contributed by atoms with Gasteiger partial charge in [-0.05, 0) is 31.0 Å². The summed E-state index contributed by atoms with van der Waals surface area (Å²) in [6, 6.07) is 8.55. The number of aryl methyl sites for hydroxylation is 1. The number of aromatic nitrogens is 1. The Bertz CT molecular complexity index is 833. The number of nitrogens with two attached hydrogens (primary N) is 1. The van der Waals surface area contributed by atoms with Crippen molar-refractivity contribution < 1.29 is 8.42 Å². The minimum atomic E-state index is -3.66. The summed E-state index contributed by atoms with van der Waals surface area (Å²) in [4.78, 5) is 8.65. The van der Waals surface area contributed by atoms with E-state index in [0.717, 1.165) is 16.3 Å². The van der Waals surface area contributed by atoms with Gasteiger partial charge in [-0.25, -0.2) is 18.5 Å². The first-order valence-corrected chi connectivity index (χ1v) is 9.26. The van der Waals surface area contributed by atoms with Gasteiger partial charge in [-0.1, -0.05) is 12.1 Å². The minimum absolute atomic E-state index is 0.0911. The van der Waals surface area contributed by atoms with Crippen molar-refractivity contribution in [2.45, 2.75) is 24.2 Å². The summed E-state index contributed by atoms with van der Waals surface area (Å²) in [6.07, 6.45) is 2.26. The fraction of sp³-hybridized carbons (Fsp3) is 0.267. The maximum atomic E-state index is 11.2. The SMILES string of the molecule is Cc1csc([C@H](C#N)C=NCCc2ccc(S(N)(=O)=O)cc2)n1. The molecule has 8 heteroatoms. The van der Waals surface area contributed by atoms with Crippen LogP contribution in [-0.4, -0.2) is 26.2 Å². The van der Waals surface area contributed by atoms with Gasteiger partial charge in [-0.3, -0.25) is 4.99 Å². The van der Waals surface area contributed by atoms with E-state index < -0.39 is 15.9 Å². The van der Waals surface area contributed by atoms with E-state index in [9.17, 15) is 8.42 Å². The molecule has 2 N–H and O–H groups in total. The lowest BCUT2D eigenvalue weighted by Gasteiger charge is -2.01. The highest BCUT2D eigenvalue weighted by Crippen LogP contribution is 2.18. The molecule has 0 amide bonds. The molecule has 0 bridgehead atoms. The number of hydrogen-bond donors (Lipinski definition) is 1. The summed E-state index contributed by atoms with van der Waals surface area (Å²) in [6.45, 7) is 2.40. The maximum absolute atomic E-state index is 11.2. The van der Waals surface area contributed by atoms with Crippen LogP contribution in [-0.2, 0) is 16.4 Å². The average Bonchev–Trinajstić information content (AvgIpc) is 2.93. The van der Waals surface area contributed by atoms with Gasteiger partial charge in [0.05, 0.1) is 11.0 Å². The zero-order chi connectivity index (χ0) is 16.9. The van der Waals surface area contributed by atoms with E-state index in [1.165, 1.54) is 23.5 Å². The molecule has 120 valence electrons. The zero-order valence-electron chi connectivity index (χ0n) is 12.5. The Labute approximate surface area is 139 Å². The highest BCUT2D eigenvalue weighted by molar-refractivity contribution is 7.89. The van der Waals surface area contributed by atoms with Crippen LogP contribution in [0.4, 0.5) is 0 Å². The van der Waals surface area contributed by atoms with Crippen LogP contribution in [0.25, 0.3) is 0 Å². The predicted octanol–water partition coefficient (Wildman–Crippen LogP) is 2.02. The van der Waals surface area contributed by atoms with Crippen molar-refractivity contribution in [1.29, 1.82) is 5.26 Å². The summed E-state index contributed by atoms with van der Waals surface area (Å²) in [5.74, 6) is -0.432. The molecular weight excluding hydrogens is 332 g/mol. The Kier molecular flexibility index (Phi) is 5.60. The lowest BCUT2D eigenvalue weighted by Crippen LogP contribution is -2.11. The lowest BCUT2D eigenvalue weighted by molar-refractivity contribution is 0.598. The quantitative estimate of drug-likeness (QED) is 0.805. The highest BCUT2D eigenvalue weighted by atomic mass is 32.2. The molecule has 0 saturated carbocycles. The molecule has 0 radical (unpaired) electrons. The fourth-order valence-electron chi connectivity index (χ4n) is 1.89. The summed E-state index contributed by atoms with van der Waals surface area (Å²) < 4.78 is 22.3. The minimum Gasteiger partial charge on any atom is -0.295 e. The number of primary sulfonamides is 1. The van der Waals surface area contributed by atoms with E-state index >= 15 is 0 Å². The van der Waals surface area contributed by atoms with Gasteiger partial charge in [0.25, 0.3) is 0 Å². The second kappa shape index (κ2) is 7.46. The second-order valence-electron chi connectivity index (χ2n) is 4.93. The third-order valence-corrected chi connectivity index (χ3v) is 5.05. The number of hydrogen-bond acceptors (Lipinski definition) is 6. The van der Waals surface area contributed by atoms with Crippen LogP contribution in [0.15, 0.2) is 39.5 Å². The van der Waals surface area contributed by atoms with E-state index in [1.807, 2.05) is 12.3 Å². The standard InChI is InChI=1S/C15H16N4O2S2/c1-11-10-22-15(19-11)13(8-16)9-18-7-6-12-2-4-14(5-3-12)23(17,20)21/h2-5,9-10,13H,6-7H2,1H3,(H2,17,20,21)/t13-/m1/s1. The molecule has 2 aromatic rings. The molecule has 2 rings (SSSR count). The van der Waals surface area contributed by atoms with Crippen LogP contribution in [0.5, 0.6) is 0 Å². The molecule has 6 nitrogen and oxygen atoms in total. The van der Waals surface area contributed by atoms with Crippen LogP contribution in [0.1, 0.15) is 22.2 Å². The number of benzene rings is 1. The summed E-state index contributed by atoms with van der Waals surface area (Å²) >= 11 is 1.45. The third kappa shape index (κ3) is 4.96. The van der Waals surface area contributed by atoms with E-state index in [4.69, 9.17) is 10.4 Å². The smallest absolute Gasteiger partial charge is 0.238 e. The van der Waals surface area contributed by atoms with E-state index in [2.05, 4.69) is 16.0 Å². The fourth-order valence-corrected chi connectivity index (χ4v) is 3.20. The van der Waals surface area contributed by atoms with Gasteiger partial charge in [0.15, 0.2) is 0 Å². The molecule has 0 aliphatic carbocycles. The Morgan fingerprint density at radius 2 is 2.13 bits per heavy atom. The van der Waals surface area contributed by atoms with Crippen molar-refractivity contribution in [3.63, 3.8) is 0 Å². The maximum Gasteiger partial charge on any atom is 0.238 e. The van der Waals surface area contributed by atoms with E-state index in [1.54, 1.807) is 18.3 Å². The first-order chi connectivity index (χ1) is 10.9. The molecule has 1 atom stereocenters. The Morgan fingerprint density at radius 1 is 1.43 bits per heavy atom. The molecule has 0 fully saturated rings. The molecule has 23 heavy (non-hydrogen) atoms. The molecule has 0 spiro atoms. The van der Waals surface area contributed by atoms with Crippen LogP contribution in [0, 0.1) is 18.3 Å². The van der Waals surface area contributed by atoms with E-state index in [-0.39, 0.29) is 4.90 Å². The van der Waals surface area contributed by atoms with Crippen molar-refractivity contribution >= 4 is 27.6 Å². The molecule has 0 aliphatic heterocycles. The van der Waals surface area contributed by atoms with Gasteiger partial charge in [-0.2, -0.15) is 5.26 Å². The number of nitrogens with zero attached hydrogens (tertiary/aromatic N) is 3. The summed E-state index contributed by atoms with van der Waals surface area (Å²) in [7, 11) is -3.66. The zero-order valence-corrected chi connectivity index (χ0v) is 14.1. The Hall–Kier alpha value is -2.08. The average molecular weight is 348 g/mol. The molecule has 0 saturated heterocycles. The summed E-state index contributed by atoms with van der Waals surface area (Å²) in [5, 5.41) is 16.9. The molecule has 1 aromatic heterocycles. The molecule has 1 heterocycles. The van der Waals surface area contributed by atoms with Gasteiger partial charge in [0.2, 0.25) is 10.0 Å². The largest absolute Gasteiger partial charge is 0.295 e. The van der Waals surface area contributed by atoms with Gasteiger partial charge >= 0.3 is 0 Å². The Morgan fingerprint density at radius 3 is 2.65 bits per heavy atom. The lowest BCUT2D eigenvalue weighted by atomic mass is 10.1. The Balaban J connectivity index is 1.92. The van der Waals surface area contributed by atoms with Gasteiger partial charge in [0.1, 0.15) is 10.9 Å². The first-order valence-electron chi connectivity index (χ1n) is 6.83. The van der Waals surface area contributed by atoms with Crippen molar-refractivity contribution in [1.82, 2.24) is 4.98 Å². The monoisotopic (exact) mass is 348 g/mol. The number of aliphatic imine (C=N–C) groups is 1. The van der Waals surface area contributed by atoms with Crippen molar-refractivity contribution in [3.8, 4) is 6.07 Å². The number of nitriles is 1. The van der Waals surface area contributed by atoms with Crippen LogP contribution < -0.4 is 5.14 Å².